The van der Waals surface area contributed by atoms with Crippen LogP contribution >= 0.6 is 0 Å². The van der Waals surface area contributed by atoms with Crippen molar-refractivity contribution in [3.05, 3.63) is 60.2 Å². The molecule has 2 heterocycles. The normalized spacial score (nSPS) is 20.5. The van der Waals surface area contributed by atoms with Crippen molar-refractivity contribution in [2.75, 3.05) is 11.9 Å². The second-order valence-corrected chi connectivity index (χ2v) is 7.85. The molecule has 0 spiro atoms. The lowest BCUT2D eigenvalue weighted by molar-refractivity contribution is 0.202. The summed E-state index contributed by atoms with van der Waals surface area (Å²) in [5.74, 6) is 0.685. The van der Waals surface area contributed by atoms with E-state index < -0.39 is 0 Å². The van der Waals surface area contributed by atoms with Crippen molar-refractivity contribution in [3.63, 3.8) is 0 Å². The van der Waals surface area contributed by atoms with E-state index in [9.17, 15) is 4.79 Å². The molecule has 1 fully saturated rings. The number of aromatic nitrogens is 2. The Morgan fingerprint density at radius 2 is 1.89 bits per heavy atom. The van der Waals surface area contributed by atoms with Gasteiger partial charge in [0.15, 0.2) is 0 Å². The summed E-state index contributed by atoms with van der Waals surface area (Å²) >= 11 is 0. The van der Waals surface area contributed by atoms with Crippen molar-refractivity contribution >= 4 is 17.3 Å². The molecule has 0 bridgehead atoms. The lowest BCUT2D eigenvalue weighted by Gasteiger charge is -2.32. The molecule has 2 amide bonds. The number of hydrogen-bond acceptors (Lipinski definition) is 3. The summed E-state index contributed by atoms with van der Waals surface area (Å²) in [6.45, 7) is 2.72. The zero-order valence-corrected chi connectivity index (χ0v) is 16.5. The Kier molecular flexibility index (Phi) is 5.70. The van der Waals surface area contributed by atoms with Gasteiger partial charge in [0.05, 0.1) is 11.9 Å². The van der Waals surface area contributed by atoms with Crippen LogP contribution in [0.1, 0.15) is 62.6 Å². The summed E-state index contributed by atoms with van der Waals surface area (Å²) in [4.78, 5) is 23.1. The molecule has 0 radical (unpaired) electrons. The summed E-state index contributed by atoms with van der Waals surface area (Å²) < 4.78 is 0. The highest BCUT2D eigenvalue weighted by Crippen LogP contribution is 2.33. The number of benzene rings is 1. The first-order chi connectivity index (χ1) is 13.7. The molecule has 1 atom stereocenters. The molecule has 1 aliphatic heterocycles. The van der Waals surface area contributed by atoms with Crippen LogP contribution in [0.4, 0.5) is 10.5 Å². The fourth-order valence-corrected chi connectivity index (χ4v) is 4.34. The zero-order valence-electron chi connectivity index (χ0n) is 16.5. The van der Waals surface area contributed by atoms with E-state index in [1.54, 1.807) is 18.6 Å². The highest BCUT2D eigenvalue weighted by Gasteiger charge is 2.24. The number of nitrogens with zero attached hydrogens (tertiary/aromatic N) is 3. The molecule has 0 unspecified atom stereocenters. The third kappa shape index (κ3) is 4.24. The molecule has 1 N–H and O–H groups in total. The van der Waals surface area contributed by atoms with E-state index in [0.717, 1.165) is 23.4 Å². The van der Waals surface area contributed by atoms with Gasteiger partial charge in [-0.3, -0.25) is 9.97 Å². The minimum Gasteiger partial charge on any atom is -0.318 e. The Labute approximate surface area is 166 Å². The van der Waals surface area contributed by atoms with Gasteiger partial charge < -0.3 is 10.2 Å². The van der Waals surface area contributed by atoms with Crippen molar-refractivity contribution in [1.29, 1.82) is 0 Å². The Bertz CT molecular complexity index is 825. The molecule has 1 saturated carbocycles. The molecular weight excluding hydrogens is 348 g/mol. The van der Waals surface area contributed by atoms with Gasteiger partial charge in [0.1, 0.15) is 0 Å². The van der Waals surface area contributed by atoms with Crippen LogP contribution in [0, 0.1) is 0 Å². The average Bonchev–Trinajstić information content (AvgIpc) is 2.75. The highest BCUT2D eigenvalue weighted by molar-refractivity contribution is 5.90. The van der Waals surface area contributed by atoms with Crippen molar-refractivity contribution in [1.82, 2.24) is 14.9 Å². The first-order valence-electron chi connectivity index (χ1n) is 10.4. The quantitative estimate of drug-likeness (QED) is 0.797. The van der Waals surface area contributed by atoms with Gasteiger partial charge in [-0.15, -0.1) is 0 Å². The fourth-order valence-electron chi connectivity index (χ4n) is 4.34. The van der Waals surface area contributed by atoms with E-state index in [0.29, 0.717) is 12.5 Å². The molecule has 5 nitrogen and oxygen atoms in total. The maximum Gasteiger partial charge on any atom is 0.322 e. The molecule has 1 aliphatic carbocycles. The predicted octanol–water partition coefficient (Wildman–Crippen LogP) is 5.23. The van der Waals surface area contributed by atoms with Gasteiger partial charge in [-0.05, 0) is 55.4 Å². The summed E-state index contributed by atoms with van der Waals surface area (Å²) in [6.07, 6.45) is 14.7. The largest absolute Gasteiger partial charge is 0.322 e. The van der Waals surface area contributed by atoms with Gasteiger partial charge in [0, 0.05) is 30.7 Å². The number of rotatable bonds is 3. The summed E-state index contributed by atoms with van der Waals surface area (Å²) in [7, 11) is 0. The molecule has 0 saturated heterocycles. The molecule has 2 aromatic rings. The lowest BCUT2D eigenvalue weighted by Crippen LogP contribution is -2.43. The fraction of sp³-hybridized carbons (Fsp3) is 0.435. The van der Waals surface area contributed by atoms with Gasteiger partial charge in [-0.25, -0.2) is 4.79 Å². The van der Waals surface area contributed by atoms with Gasteiger partial charge in [-0.1, -0.05) is 37.5 Å². The number of nitrogens with one attached hydrogen (secondary N) is 1. The Morgan fingerprint density at radius 3 is 2.57 bits per heavy atom. The molecule has 4 rings (SSSR count). The van der Waals surface area contributed by atoms with Crippen LogP contribution in [0.3, 0.4) is 0 Å². The van der Waals surface area contributed by atoms with E-state index in [4.69, 9.17) is 0 Å². The van der Waals surface area contributed by atoms with E-state index in [2.05, 4.69) is 33.5 Å². The third-order valence-electron chi connectivity index (χ3n) is 5.95. The molecular formula is C23H28N4O. The third-order valence-corrected chi connectivity index (χ3v) is 5.95. The van der Waals surface area contributed by atoms with Crippen LogP contribution < -0.4 is 5.32 Å². The monoisotopic (exact) mass is 376 g/mol. The van der Waals surface area contributed by atoms with Crippen LogP contribution in [-0.4, -0.2) is 33.5 Å². The SMILES string of the molecule is C[C@@H]1C=C(c2cnccn2)CCN1C(=O)Nc1ccc(C2CCCCC2)cc1. The summed E-state index contributed by atoms with van der Waals surface area (Å²) in [5.41, 5.74) is 4.32. The Morgan fingerprint density at radius 1 is 1.11 bits per heavy atom. The van der Waals surface area contributed by atoms with E-state index in [1.165, 1.54) is 37.7 Å². The zero-order chi connectivity index (χ0) is 19.3. The molecule has 5 heteroatoms. The number of carbonyl (C=O) groups excluding carboxylic acids is 1. The average molecular weight is 377 g/mol. The van der Waals surface area contributed by atoms with Crippen LogP contribution in [0.25, 0.3) is 5.57 Å². The first-order valence-corrected chi connectivity index (χ1v) is 10.4. The van der Waals surface area contributed by atoms with Gasteiger partial charge in [0.2, 0.25) is 0 Å². The van der Waals surface area contributed by atoms with Gasteiger partial charge in [0.25, 0.3) is 0 Å². The molecule has 28 heavy (non-hydrogen) atoms. The molecule has 2 aliphatic rings. The second kappa shape index (κ2) is 8.55. The lowest BCUT2D eigenvalue weighted by atomic mass is 9.84. The molecule has 146 valence electrons. The first kappa shape index (κ1) is 18.7. The number of amides is 2. The summed E-state index contributed by atoms with van der Waals surface area (Å²) in [6, 6.07) is 8.41. The Balaban J connectivity index is 1.38. The van der Waals surface area contributed by atoms with Gasteiger partial charge in [-0.2, -0.15) is 0 Å². The Hall–Kier alpha value is -2.69. The maximum atomic E-state index is 12.8. The number of urea groups is 1. The van der Waals surface area contributed by atoms with E-state index in [-0.39, 0.29) is 12.1 Å². The van der Waals surface area contributed by atoms with Crippen molar-refractivity contribution < 1.29 is 4.79 Å². The van der Waals surface area contributed by atoms with Crippen molar-refractivity contribution in [3.8, 4) is 0 Å². The van der Waals surface area contributed by atoms with Gasteiger partial charge >= 0.3 is 6.03 Å². The molecule has 1 aromatic carbocycles. The summed E-state index contributed by atoms with van der Waals surface area (Å²) in [5, 5.41) is 3.06. The smallest absolute Gasteiger partial charge is 0.318 e. The topological polar surface area (TPSA) is 58.1 Å². The minimum atomic E-state index is -0.0487. The van der Waals surface area contributed by atoms with Crippen molar-refractivity contribution in [2.24, 2.45) is 0 Å². The van der Waals surface area contributed by atoms with Crippen LogP contribution in [0.2, 0.25) is 0 Å². The minimum absolute atomic E-state index is 0.0206. The highest BCUT2D eigenvalue weighted by atomic mass is 16.2. The predicted molar refractivity (Wildman–Crippen MR) is 112 cm³/mol. The van der Waals surface area contributed by atoms with Crippen molar-refractivity contribution in [2.45, 2.75) is 57.4 Å². The van der Waals surface area contributed by atoms with E-state index in [1.807, 2.05) is 24.0 Å². The van der Waals surface area contributed by atoms with E-state index >= 15 is 0 Å². The number of anilines is 1. The number of carbonyl (C=O) groups is 1. The molecule has 1 aromatic heterocycles. The number of hydrogen-bond donors (Lipinski definition) is 1. The second-order valence-electron chi connectivity index (χ2n) is 7.85. The van der Waals surface area contributed by atoms with Crippen LogP contribution in [-0.2, 0) is 0 Å². The standard InChI is InChI=1S/C23H28N4O/c1-17-15-20(22-16-24-12-13-25-22)11-14-27(17)23(28)26-21-9-7-19(8-10-21)18-5-3-2-4-6-18/h7-10,12-13,15-18H,2-6,11,14H2,1H3,(H,26,28)/t17-/m1/s1. The van der Waals surface area contributed by atoms with Crippen LogP contribution in [0.15, 0.2) is 48.9 Å². The maximum absolute atomic E-state index is 12.8. The van der Waals surface area contributed by atoms with Crippen LogP contribution in [0.5, 0.6) is 0 Å².